The largest absolute Gasteiger partial charge is 0.494 e. The molecule has 2 aromatic heterocycles. The van der Waals surface area contributed by atoms with Crippen molar-refractivity contribution in [2.75, 3.05) is 39.8 Å². The summed E-state index contributed by atoms with van der Waals surface area (Å²) in [6.07, 6.45) is 0.426. The Morgan fingerprint density at radius 2 is 1.66 bits per heavy atom. The SMILES string of the molecule is CC[C@@]1(O)C(=O)OCc2c1cc1n(c2=O)Cc2c-1nc1cc(F)c(OC)cc1c2CN1CCC(NC(=O)CNC(=O)CNC(=O)CNC(=O)OC(C)(C)C)CC1. The fourth-order valence-corrected chi connectivity index (χ4v) is 7.19. The van der Waals surface area contributed by atoms with Crippen molar-refractivity contribution in [3.63, 3.8) is 0 Å². The fourth-order valence-electron chi connectivity index (χ4n) is 7.19. The molecule has 0 unspecified atom stereocenters. The van der Waals surface area contributed by atoms with Crippen molar-refractivity contribution in [3.05, 3.63) is 56.6 Å². The Labute approximate surface area is 321 Å². The quantitative estimate of drug-likeness (QED) is 0.135. The number of alkyl carbamates (subject to hydrolysis) is 1. The molecule has 1 atom stereocenters. The molecule has 0 radical (unpaired) electrons. The number of nitrogens with one attached hydrogen (secondary N) is 4. The number of methoxy groups -OCH3 is 1. The predicted octanol–water partition coefficient (Wildman–Crippen LogP) is 1.07. The van der Waals surface area contributed by atoms with Gasteiger partial charge in [0.2, 0.25) is 17.7 Å². The molecule has 1 fully saturated rings. The van der Waals surface area contributed by atoms with Gasteiger partial charge in [-0.2, -0.15) is 0 Å². The van der Waals surface area contributed by atoms with Crippen molar-refractivity contribution >= 4 is 40.7 Å². The van der Waals surface area contributed by atoms with Crippen LogP contribution >= 0.6 is 0 Å². The minimum atomic E-state index is -1.99. The van der Waals surface area contributed by atoms with E-state index in [-0.39, 0.29) is 62.1 Å². The molecule has 1 saturated heterocycles. The molecular formula is C38H46FN7O10. The summed E-state index contributed by atoms with van der Waals surface area (Å²) in [4.78, 5) is 82.0. The lowest BCUT2D eigenvalue weighted by Crippen LogP contribution is -2.48. The Balaban J connectivity index is 1.09. The first-order chi connectivity index (χ1) is 26.5. The fraction of sp³-hybridized carbons (Fsp3) is 0.500. The molecular weight excluding hydrogens is 733 g/mol. The van der Waals surface area contributed by atoms with Crippen LogP contribution in [0.5, 0.6) is 5.75 Å². The van der Waals surface area contributed by atoms with E-state index in [2.05, 4.69) is 26.2 Å². The zero-order valence-corrected chi connectivity index (χ0v) is 31.9. The van der Waals surface area contributed by atoms with Crippen molar-refractivity contribution in [2.24, 2.45) is 0 Å². The molecule has 17 nitrogen and oxygen atoms in total. The van der Waals surface area contributed by atoms with Crippen LogP contribution in [0.15, 0.2) is 23.0 Å². The van der Waals surface area contributed by atoms with E-state index in [0.717, 1.165) is 11.1 Å². The minimum Gasteiger partial charge on any atom is -0.494 e. The molecule has 0 saturated carbocycles. The first-order valence-electron chi connectivity index (χ1n) is 18.4. The summed E-state index contributed by atoms with van der Waals surface area (Å²) in [5, 5.41) is 22.0. The highest BCUT2D eigenvalue weighted by Crippen LogP contribution is 2.41. The molecule has 1 aromatic carbocycles. The van der Waals surface area contributed by atoms with Crippen molar-refractivity contribution in [2.45, 2.75) is 83.9 Å². The van der Waals surface area contributed by atoms with Crippen LogP contribution in [0.4, 0.5) is 9.18 Å². The van der Waals surface area contributed by atoms with Gasteiger partial charge >= 0.3 is 12.1 Å². The number of likely N-dealkylation sites (tertiary alicyclic amines) is 1. The number of pyridine rings is 2. The van der Waals surface area contributed by atoms with Gasteiger partial charge in [0.15, 0.2) is 17.2 Å². The first-order valence-corrected chi connectivity index (χ1v) is 18.4. The number of aliphatic hydroxyl groups is 1. The standard InChI is InChI=1S/C38H46FN7O10/c1-6-38(53)25-12-28-33-23(18-46(28)34(50)24(25)19-55-35(38)51)22(21-11-29(54-5)26(39)13-27(21)44-33)17-45-9-7-20(8-10-45)43-32(49)16-41-30(47)14-40-31(48)15-42-36(52)56-37(2,3)4/h11-13,20,53H,6-10,14-19H2,1-5H3,(H,40,48)(H,41,47)(H,42,52)(H,43,49)/t38-/m0/s1. The molecule has 5 N–H and O–H groups in total. The number of piperidine rings is 1. The Morgan fingerprint density at radius 1 is 1.00 bits per heavy atom. The molecule has 6 rings (SSSR count). The van der Waals surface area contributed by atoms with E-state index in [0.29, 0.717) is 54.8 Å². The van der Waals surface area contributed by atoms with Crippen LogP contribution in [0.1, 0.15) is 69.2 Å². The van der Waals surface area contributed by atoms with Crippen LogP contribution in [0, 0.1) is 5.82 Å². The number of amides is 4. The summed E-state index contributed by atoms with van der Waals surface area (Å²) in [7, 11) is 1.38. The normalized spacial score (nSPS) is 17.9. The van der Waals surface area contributed by atoms with E-state index >= 15 is 4.39 Å². The third-order valence-electron chi connectivity index (χ3n) is 10.1. The smallest absolute Gasteiger partial charge is 0.408 e. The zero-order chi connectivity index (χ0) is 40.5. The van der Waals surface area contributed by atoms with Crippen molar-refractivity contribution in [1.82, 2.24) is 35.7 Å². The molecule has 18 heteroatoms. The van der Waals surface area contributed by atoms with Gasteiger partial charge in [0.1, 0.15) is 18.8 Å². The molecule has 3 aliphatic heterocycles. The van der Waals surface area contributed by atoms with Crippen LogP contribution in [0.25, 0.3) is 22.3 Å². The van der Waals surface area contributed by atoms with Crippen LogP contribution in [0.3, 0.4) is 0 Å². The van der Waals surface area contributed by atoms with Crippen LogP contribution in [-0.2, 0) is 53.9 Å². The van der Waals surface area contributed by atoms with Crippen molar-refractivity contribution in [1.29, 1.82) is 0 Å². The zero-order valence-electron chi connectivity index (χ0n) is 31.9. The lowest BCUT2D eigenvalue weighted by atomic mass is 9.86. The number of ether oxygens (including phenoxy) is 3. The highest BCUT2D eigenvalue weighted by molar-refractivity contribution is 5.91. The maximum atomic E-state index is 15.0. The molecule has 5 heterocycles. The number of hydrogen-bond donors (Lipinski definition) is 5. The number of carbonyl (C=O) groups excluding carboxylic acids is 5. The number of hydrogen-bond acceptors (Lipinski definition) is 12. The lowest BCUT2D eigenvalue weighted by molar-refractivity contribution is -0.172. The lowest BCUT2D eigenvalue weighted by Gasteiger charge is -2.33. The second-order valence-electron chi connectivity index (χ2n) is 15.1. The van der Waals surface area contributed by atoms with E-state index in [1.54, 1.807) is 44.4 Å². The second-order valence-corrected chi connectivity index (χ2v) is 15.1. The van der Waals surface area contributed by atoms with Gasteiger partial charge in [0.25, 0.3) is 5.56 Å². The number of rotatable bonds is 11. The topological polar surface area (TPSA) is 220 Å². The molecule has 56 heavy (non-hydrogen) atoms. The van der Waals surface area contributed by atoms with Gasteiger partial charge in [-0.15, -0.1) is 0 Å². The summed E-state index contributed by atoms with van der Waals surface area (Å²) in [5.41, 5.74) is 0.0510. The summed E-state index contributed by atoms with van der Waals surface area (Å²) in [6.45, 7) is 7.11. The molecule has 300 valence electrons. The van der Waals surface area contributed by atoms with Gasteiger partial charge in [0.05, 0.1) is 49.2 Å². The number of aromatic nitrogens is 2. The van der Waals surface area contributed by atoms with Crippen LogP contribution < -0.4 is 31.6 Å². The Kier molecular flexibility index (Phi) is 11.3. The third-order valence-corrected chi connectivity index (χ3v) is 10.1. The van der Waals surface area contributed by atoms with Crippen molar-refractivity contribution < 1.29 is 47.7 Å². The summed E-state index contributed by atoms with van der Waals surface area (Å²) < 4.78 is 32.1. The second kappa shape index (κ2) is 15.9. The number of nitrogens with zero attached hydrogens (tertiary/aromatic N) is 3. The van der Waals surface area contributed by atoms with E-state index in [1.807, 2.05) is 0 Å². The number of cyclic esters (lactones) is 1. The number of benzene rings is 1. The van der Waals surface area contributed by atoms with E-state index in [4.69, 9.17) is 19.2 Å². The summed E-state index contributed by atoms with van der Waals surface area (Å²) in [6, 6.07) is 4.34. The van der Waals surface area contributed by atoms with Gasteiger partial charge in [-0.3, -0.25) is 24.1 Å². The Morgan fingerprint density at radius 3 is 2.30 bits per heavy atom. The maximum Gasteiger partial charge on any atom is 0.408 e. The predicted molar refractivity (Wildman–Crippen MR) is 198 cm³/mol. The van der Waals surface area contributed by atoms with Gasteiger partial charge < -0.3 is 45.2 Å². The maximum absolute atomic E-state index is 15.0. The van der Waals surface area contributed by atoms with Gasteiger partial charge in [0, 0.05) is 48.3 Å². The average Bonchev–Trinajstić information content (AvgIpc) is 3.52. The van der Waals surface area contributed by atoms with Crippen molar-refractivity contribution in [3.8, 4) is 17.1 Å². The molecule has 3 aromatic rings. The minimum absolute atomic E-state index is 0.00131. The molecule has 0 spiro atoms. The summed E-state index contributed by atoms with van der Waals surface area (Å²) >= 11 is 0. The molecule has 3 aliphatic rings. The highest BCUT2D eigenvalue weighted by Gasteiger charge is 2.45. The summed E-state index contributed by atoms with van der Waals surface area (Å²) in [5.74, 6) is -2.97. The van der Waals surface area contributed by atoms with Gasteiger partial charge in [-0.1, -0.05) is 6.92 Å². The van der Waals surface area contributed by atoms with E-state index < -0.39 is 52.4 Å². The van der Waals surface area contributed by atoms with E-state index in [1.165, 1.54) is 13.2 Å². The number of carbonyl (C=O) groups is 5. The van der Waals surface area contributed by atoms with Gasteiger partial charge in [-0.25, -0.2) is 19.0 Å². The monoisotopic (exact) mass is 779 g/mol. The average molecular weight is 780 g/mol. The van der Waals surface area contributed by atoms with Gasteiger partial charge in [-0.05, 0) is 57.7 Å². The van der Waals surface area contributed by atoms with Crippen LogP contribution in [-0.4, -0.2) is 101 Å². The first kappa shape index (κ1) is 40.1. The third kappa shape index (κ3) is 8.30. The van der Waals surface area contributed by atoms with Crippen LogP contribution in [0.2, 0.25) is 0 Å². The number of esters is 1. The molecule has 0 aliphatic carbocycles. The number of halogens is 1. The van der Waals surface area contributed by atoms with E-state index in [9.17, 15) is 33.9 Å². The molecule has 0 bridgehead atoms. The highest BCUT2D eigenvalue weighted by atomic mass is 19.1. The number of fused-ring (bicyclic) bond motifs is 5. The Bertz CT molecular complexity index is 2160. The Hall–Kier alpha value is -5.62. The molecule has 4 amide bonds.